The molecule has 1 unspecified atom stereocenters. The first-order chi connectivity index (χ1) is 18.5. The lowest BCUT2D eigenvalue weighted by Crippen LogP contribution is -2.48. The van der Waals surface area contributed by atoms with Crippen molar-refractivity contribution >= 4 is 28.5 Å². The largest absolute Gasteiger partial charge is 0.497 e. The Kier molecular flexibility index (Phi) is 8.32. The topological polar surface area (TPSA) is 46.9 Å². The maximum Gasteiger partial charge on any atom is 0.326 e. The van der Waals surface area contributed by atoms with Crippen molar-refractivity contribution in [2.75, 3.05) is 46.4 Å². The number of methoxy groups -OCH3 is 1. The summed E-state index contributed by atoms with van der Waals surface area (Å²) in [5.41, 5.74) is 4.55. The van der Waals surface area contributed by atoms with Crippen LogP contribution < -0.4 is 4.74 Å². The molecule has 0 saturated carbocycles. The quantitative estimate of drug-likeness (QED) is 0.265. The molecule has 0 radical (unpaired) electrons. The highest BCUT2D eigenvalue weighted by Gasteiger charge is 2.26. The molecular formula is C31H34ClN3O3. The number of fused-ring (bicyclic) bond motifs is 1. The number of benzene rings is 3. The van der Waals surface area contributed by atoms with Gasteiger partial charge in [-0.05, 0) is 54.4 Å². The van der Waals surface area contributed by atoms with E-state index in [-0.39, 0.29) is 18.6 Å². The highest BCUT2D eigenvalue weighted by molar-refractivity contribution is 6.30. The van der Waals surface area contributed by atoms with Gasteiger partial charge in [0.15, 0.2) is 0 Å². The third-order valence-corrected chi connectivity index (χ3v) is 7.60. The van der Waals surface area contributed by atoms with Crippen LogP contribution in [0.1, 0.15) is 22.9 Å². The van der Waals surface area contributed by atoms with Crippen LogP contribution in [0.4, 0.5) is 0 Å². The number of nitrogens with zero attached hydrogens (tertiary/aromatic N) is 3. The van der Waals surface area contributed by atoms with Crippen molar-refractivity contribution in [3.8, 4) is 5.75 Å². The molecular weight excluding hydrogens is 498 g/mol. The Morgan fingerprint density at radius 1 is 0.921 bits per heavy atom. The fraction of sp³-hybridized carbons (Fsp3) is 0.323. The van der Waals surface area contributed by atoms with Gasteiger partial charge in [-0.1, -0.05) is 54.1 Å². The second-order valence-electron chi connectivity index (χ2n) is 9.76. The molecule has 1 aromatic heterocycles. The van der Waals surface area contributed by atoms with Crippen LogP contribution in [0, 0.1) is 6.92 Å². The number of rotatable bonds is 9. The lowest BCUT2D eigenvalue weighted by Gasteiger charge is -2.39. The van der Waals surface area contributed by atoms with Crippen LogP contribution in [0.3, 0.4) is 0 Å². The van der Waals surface area contributed by atoms with Crippen molar-refractivity contribution in [1.82, 2.24) is 14.4 Å². The molecule has 4 aromatic rings. The summed E-state index contributed by atoms with van der Waals surface area (Å²) in [6.07, 6.45) is 0. The van der Waals surface area contributed by atoms with Gasteiger partial charge in [-0.25, -0.2) is 0 Å². The van der Waals surface area contributed by atoms with Gasteiger partial charge in [-0.3, -0.25) is 14.6 Å². The number of esters is 1. The van der Waals surface area contributed by atoms with E-state index in [1.54, 1.807) is 7.11 Å². The molecule has 0 aliphatic carbocycles. The first-order valence-electron chi connectivity index (χ1n) is 13.1. The fourth-order valence-electron chi connectivity index (χ4n) is 5.33. The molecule has 3 aromatic carbocycles. The molecule has 1 fully saturated rings. The summed E-state index contributed by atoms with van der Waals surface area (Å²) in [5.74, 6) is 0.590. The van der Waals surface area contributed by atoms with Crippen LogP contribution in [0.15, 0.2) is 78.9 Å². The fourth-order valence-corrected chi connectivity index (χ4v) is 5.45. The molecule has 1 atom stereocenters. The van der Waals surface area contributed by atoms with Gasteiger partial charge in [0, 0.05) is 54.3 Å². The third-order valence-electron chi connectivity index (χ3n) is 7.35. The molecule has 1 saturated heterocycles. The summed E-state index contributed by atoms with van der Waals surface area (Å²) in [6, 6.07) is 26.9. The van der Waals surface area contributed by atoms with E-state index in [9.17, 15) is 4.79 Å². The summed E-state index contributed by atoms with van der Waals surface area (Å²) < 4.78 is 13.0. The Labute approximate surface area is 229 Å². The van der Waals surface area contributed by atoms with E-state index in [2.05, 4.69) is 58.3 Å². The highest BCUT2D eigenvalue weighted by atomic mass is 35.5. The number of hydrogen-bond donors (Lipinski definition) is 0. The average molecular weight is 532 g/mol. The van der Waals surface area contributed by atoms with Gasteiger partial charge in [0.2, 0.25) is 0 Å². The van der Waals surface area contributed by atoms with Gasteiger partial charge in [-0.15, -0.1) is 0 Å². The van der Waals surface area contributed by atoms with Crippen LogP contribution in [0.25, 0.3) is 10.9 Å². The number of aryl methyl sites for hydroxylation is 1. The van der Waals surface area contributed by atoms with E-state index in [1.807, 2.05) is 41.8 Å². The summed E-state index contributed by atoms with van der Waals surface area (Å²) >= 11 is 6.16. The molecule has 7 heteroatoms. The van der Waals surface area contributed by atoms with Crippen LogP contribution in [-0.4, -0.2) is 66.8 Å². The van der Waals surface area contributed by atoms with Crippen LogP contribution in [-0.2, 0) is 16.1 Å². The number of carbonyl (C=O) groups is 1. The van der Waals surface area contributed by atoms with Gasteiger partial charge >= 0.3 is 5.97 Å². The normalized spacial score (nSPS) is 15.4. The van der Waals surface area contributed by atoms with Crippen molar-refractivity contribution in [2.24, 2.45) is 0 Å². The molecule has 2 heterocycles. The lowest BCUT2D eigenvalue weighted by molar-refractivity contribution is -0.144. The van der Waals surface area contributed by atoms with Crippen molar-refractivity contribution in [3.63, 3.8) is 0 Å². The Morgan fingerprint density at radius 2 is 1.63 bits per heavy atom. The second kappa shape index (κ2) is 12.0. The zero-order valence-corrected chi connectivity index (χ0v) is 22.7. The molecule has 6 nitrogen and oxygen atoms in total. The molecule has 1 aliphatic heterocycles. The summed E-state index contributed by atoms with van der Waals surface area (Å²) in [7, 11) is 1.66. The van der Waals surface area contributed by atoms with Crippen LogP contribution in [0.2, 0.25) is 5.02 Å². The van der Waals surface area contributed by atoms with E-state index in [1.165, 1.54) is 11.1 Å². The average Bonchev–Trinajstić information content (AvgIpc) is 3.25. The van der Waals surface area contributed by atoms with E-state index in [0.29, 0.717) is 6.61 Å². The predicted octanol–water partition coefficient (Wildman–Crippen LogP) is 5.56. The second-order valence-corrected chi connectivity index (χ2v) is 10.2. The lowest BCUT2D eigenvalue weighted by atomic mass is 9.96. The zero-order chi connectivity index (χ0) is 26.5. The molecule has 0 N–H and O–H groups in total. The highest BCUT2D eigenvalue weighted by Crippen LogP contribution is 2.30. The number of aromatic nitrogens is 1. The maximum absolute atomic E-state index is 12.6. The number of halogens is 1. The molecule has 198 valence electrons. The first kappa shape index (κ1) is 26.3. The van der Waals surface area contributed by atoms with Gasteiger partial charge in [-0.2, -0.15) is 0 Å². The van der Waals surface area contributed by atoms with E-state index in [4.69, 9.17) is 21.1 Å². The smallest absolute Gasteiger partial charge is 0.326 e. The SMILES string of the molecule is COc1ccc2c(c1)cc(C)n2CC(=O)OCCN1CCN(C(c2ccccc2)c2ccc(Cl)cc2)CC1. The van der Waals surface area contributed by atoms with Crippen LogP contribution >= 0.6 is 11.6 Å². The van der Waals surface area contributed by atoms with Crippen molar-refractivity contribution in [1.29, 1.82) is 0 Å². The van der Waals surface area contributed by atoms with Gasteiger partial charge in [0.25, 0.3) is 0 Å². The monoisotopic (exact) mass is 531 g/mol. The van der Waals surface area contributed by atoms with Crippen molar-refractivity contribution < 1.29 is 14.3 Å². The minimum atomic E-state index is -0.216. The first-order valence-corrected chi connectivity index (χ1v) is 13.5. The number of piperazine rings is 1. The zero-order valence-electron chi connectivity index (χ0n) is 22.0. The number of carbonyl (C=O) groups excluding carboxylic acids is 1. The van der Waals surface area contributed by atoms with Crippen LogP contribution in [0.5, 0.6) is 5.75 Å². The molecule has 5 rings (SSSR count). The Bertz CT molecular complexity index is 1360. The number of ether oxygens (including phenoxy) is 2. The minimum absolute atomic E-state index is 0.188. The van der Waals surface area contributed by atoms with Crippen molar-refractivity contribution in [2.45, 2.75) is 19.5 Å². The Balaban J connectivity index is 1.14. The standard InChI is InChI=1S/C31H34ClN3O3/c1-23-20-26-21-28(37-2)12-13-29(26)35(23)22-30(36)38-19-18-33-14-16-34(17-15-33)31(24-6-4-3-5-7-24)25-8-10-27(32)11-9-25/h3-13,20-21,31H,14-19,22H2,1-2H3. The Hall–Kier alpha value is -3.32. The molecule has 0 bridgehead atoms. The minimum Gasteiger partial charge on any atom is -0.497 e. The predicted molar refractivity (Wildman–Crippen MR) is 152 cm³/mol. The molecule has 0 spiro atoms. The molecule has 0 amide bonds. The van der Waals surface area contributed by atoms with Gasteiger partial charge in [0.1, 0.15) is 18.9 Å². The maximum atomic E-state index is 12.6. The number of hydrogen-bond acceptors (Lipinski definition) is 5. The summed E-state index contributed by atoms with van der Waals surface area (Å²) in [6.45, 7) is 7.07. The van der Waals surface area contributed by atoms with Gasteiger partial charge < -0.3 is 14.0 Å². The summed E-state index contributed by atoms with van der Waals surface area (Å²) in [4.78, 5) is 17.5. The molecule has 38 heavy (non-hydrogen) atoms. The van der Waals surface area contributed by atoms with Gasteiger partial charge in [0.05, 0.1) is 13.2 Å². The Morgan fingerprint density at radius 3 is 2.34 bits per heavy atom. The van der Waals surface area contributed by atoms with E-state index in [0.717, 1.165) is 60.1 Å². The third kappa shape index (κ3) is 6.04. The van der Waals surface area contributed by atoms with E-state index >= 15 is 0 Å². The van der Waals surface area contributed by atoms with Crippen molar-refractivity contribution in [3.05, 3.63) is 101 Å². The summed E-state index contributed by atoms with van der Waals surface area (Å²) in [5, 5.41) is 1.81. The van der Waals surface area contributed by atoms with E-state index < -0.39 is 0 Å². The molecule has 1 aliphatic rings.